The Morgan fingerprint density at radius 2 is 2.26 bits per heavy atom. The Balaban J connectivity index is 2.34. The van der Waals surface area contributed by atoms with Crippen LogP contribution in [-0.2, 0) is 0 Å². The number of benzene rings is 1. The largest absolute Gasteiger partial charge is 0.497 e. The molecule has 6 heteroatoms. The van der Waals surface area contributed by atoms with E-state index in [1.54, 1.807) is 12.1 Å². The molecule has 2 rings (SSSR count). The highest BCUT2D eigenvalue weighted by Crippen LogP contribution is 2.34. The smallest absolute Gasteiger partial charge is 0.292 e. The number of anilines is 1. The lowest BCUT2D eigenvalue weighted by atomic mass is 9.95. The van der Waals surface area contributed by atoms with Gasteiger partial charge in [-0.05, 0) is 18.4 Å². The summed E-state index contributed by atoms with van der Waals surface area (Å²) in [5.74, 6) is 0.801. The molecule has 0 aliphatic carbocycles. The number of β-amino-alcohol motifs (C(OH)–C–C–N with tert-alkyl or cyclic N) is 1. The topological polar surface area (TPSA) is 75.8 Å². The molecular weight excluding hydrogens is 248 g/mol. The number of methoxy groups -OCH3 is 1. The van der Waals surface area contributed by atoms with Gasteiger partial charge >= 0.3 is 0 Å². The number of hydrogen-bond acceptors (Lipinski definition) is 5. The second-order valence-electron chi connectivity index (χ2n) is 4.89. The Bertz CT molecular complexity index is 478. The lowest BCUT2D eigenvalue weighted by Crippen LogP contribution is -2.43. The van der Waals surface area contributed by atoms with Crippen LogP contribution in [0.2, 0.25) is 0 Å². The first-order valence-electron chi connectivity index (χ1n) is 6.28. The number of aliphatic hydroxyl groups is 1. The van der Waals surface area contributed by atoms with E-state index < -0.39 is 11.0 Å². The summed E-state index contributed by atoms with van der Waals surface area (Å²) >= 11 is 0. The third kappa shape index (κ3) is 2.78. The van der Waals surface area contributed by atoms with Crippen molar-refractivity contribution in [3.8, 4) is 5.75 Å². The first kappa shape index (κ1) is 13.6. The van der Waals surface area contributed by atoms with Crippen molar-refractivity contribution >= 4 is 11.4 Å². The van der Waals surface area contributed by atoms with Crippen molar-refractivity contribution in [3.05, 3.63) is 28.3 Å². The molecule has 0 radical (unpaired) electrons. The van der Waals surface area contributed by atoms with Gasteiger partial charge in [-0.25, -0.2) is 0 Å². The van der Waals surface area contributed by atoms with Crippen LogP contribution in [0.3, 0.4) is 0 Å². The standard InChI is InChI=1S/C13H18N2O4/c1-9-5-6-14(8-13(9)16)12-7-10(19-2)3-4-11(12)15(17)18/h3-4,7,9,13,16H,5-6,8H2,1-2H3. The fourth-order valence-corrected chi connectivity index (χ4v) is 2.31. The summed E-state index contributed by atoms with van der Waals surface area (Å²) in [4.78, 5) is 12.5. The van der Waals surface area contributed by atoms with Crippen molar-refractivity contribution in [2.45, 2.75) is 19.4 Å². The van der Waals surface area contributed by atoms with Gasteiger partial charge in [-0.15, -0.1) is 0 Å². The van der Waals surface area contributed by atoms with Gasteiger partial charge in [0.05, 0.1) is 18.1 Å². The number of aliphatic hydroxyl groups excluding tert-OH is 1. The Morgan fingerprint density at radius 1 is 1.53 bits per heavy atom. The highest BCUT2D eigenvalue weighted by molar-refractivity contribution is 5.66. The van der Waals surface area contributed by atoms with Crippen molar-refractivity contribution in [2.75, 3.05) is 25.1 Å². The molecule has 0 amide bonds. The molecule has 1 aliphatic rings. The molecule has 0 spiro atoms. The number of ether oxygens (including phenoxy) is 1. The molecule has 19 heavy (non-hydrogen) atoms. The summed E-state index contributed by atoms with van der Waals surface area (Å²) in [6, 6.07) is 4.67. The minimum Gasteiger partial charge on any atom is -0.497 e. The minimum atomic E-state index is -0.459. The van der Waals surface area contributed by atoms with Crippen molar-refractivity contribution in [1.29, 1.82) is 0 Å². The van der Waals surface area contributed by atoms with E-state index >= 15 is 0 Å². The molecular formula is C13H18N2O4. The van der Waals surface area contributed by atoms with Crippen LogP contribution in [0.5, 0.6) is 5.75 Å². The lowest BCUT2D eigenvalue weighted by molar-refractivity contribution is -0.384. The maximum absolute atomic E-state index is 11.1. The predicted molar refractivity (Wildman–Crippen MR) is 71.6 cm³/mol. The zero-order chi connectivity index (χ0) is 14.0. The first-order chi connectivity index (χ1) is 9.02. The summed E-state index contributed by atoms with van der Waals surface area (Å²) in [7, 11) is 1.53. The van der Waals surface area contributed by atoms with E-state index in [1.807, 2.05) is 11.8 Å². The molecule has 1 fully saturated rings. The fourth-order valence-electron chi connectivity index (χ4n) is 2.31. The number of nitro groups is 1. The number of nitrogens with zero attached hydrogens (tertiary/aromatic N) is 2. The number of piperidine rings is 1. The Kier molecular flexibility index (Phi) is 3.90. The van der Waals surface area contributed by atoms with Gasteiger partial charge in [0.2, 0.25) is 0 Å². The molecule has 1 saturated heterocycles. The van der Waals surface area contributed by atoms with Crippen LogP contribution in [0.25, 0.3) is 0 Å². The van der Waals surface area contributed by atoms with Crippen LogP contribution in [-0.4, -0.2) is 36.3 Å². The molecule has 1 heterocycles. The monoisotopic (exact) mass is 266 g/mol. The molecule has 104 valence electrons. The van der Waals surface area contributed by atoms with Crippen LogP contribution in [0.1, 0.15) is 13.3 Å². The van der Waals surface area contributed by atoms with Crippen LogP contribution in [0.15, 0.2) is 18.2 Å². The van der Waals surface area contributed by atoms with Crippen molar-refractivity contribution in [3.63, 3.8) is 0 Å². The molecule has 0 bridgehead atoms. The molecule has 0 saturated carbocycles. The van der Waals surface area contributed by atoms with Crippen molar-refractivity contribution in [2.24, 2.45) is 5.92 Å². The first-order valence-corrected chi connectivity index (χ1v) is 6.28. The van der Waals surface area contributed by atoms with E-state index in [0.717, 1.165) is 6.42 Å². The average Bonchev–Trinajstić information content (AvgIpc) is 2.41. The number of rotatable bonds is 3. The molecule has 2 atom stereocenters. The quantitative estimate of drug-likeness (QED) is 0.667. The van der Waals surface area contributed by atoms with Crippen LogP contribution >= 0.6 is 0 Å². The predicted octanol–water partition coefficient (Wildman–Crippen LogP) is 1.81. The van der Waals surface area contributed by atoms with Gasteiger partial charge in [0.15, 0.2) is 0 Å². The zero-order valence-corrected chi connectivity index (χ0v) is 11.1. The van der Waals surface area contributed by atoms with E-state index in [2.05, 4.69) is 0 Å². The Morgan fingerprint density at radius 3 is 2.84 bits per heavy atom. The molecule has 1 aromatic rings. The second-order valence-corrected chi connectivity index (χ2v) is 4.89. The van der Waals surface area contributed by atoms with Gasteiger partial charge in [-0.1, -0.05) is 6.92 Å². The molecule has 1 aromatic carbocycles. The SMILES string of the molecule is COc1ccc([N+](=O)[O-])c(N2CCC(C)C(O)C2)c1. The van der Waals surface area contributed by atoms with Gasteiger partial charge in [0, 0.05) is 25.2 Å². The Hall–Kier alpha value is -1.82. The van der Waals surface area contributed by atoms with E-state index in [0.29, 0.717) is 24.5 Å². The normalized spacial score (nSPS) is 23.2. The van der Waals surface area contributed by atoms with E-state index in [1.165, 1.54) is 13.2 Å². The molecule has 2 unspecified atom stereocenters. The van der Waals surface area contributed by atoms with Crippen molar-refractivity contribution < 1.29 is 14.8 Å². The summed E-state index contributed by atoms with van der Waals surface area (Å²) in [5, 5.41) is 21.0. The van der Waals surface area contributed by atoms with E-state index in [-0.39, 0.29) is 11.6 Å². The molecule has 1 N–H and O–H groups in total. The summed E-state index contributed by atoms with van der Waals surface area (Å²) in [6.45, 7) is 3.10. The van der Waals surface area contributed by atoms with E-state index in [9.17, 15) is 15.2 Å². The van der Waals surface area contributed by atoms with Crippen LogP contribution in [0.4, 0.5) is 11.4 Å². The molecule has 1 aliphatic heterocycles. The van der Waals surface area contributed by atoms with Crippen LogP contribution < -0.4 is 9.64 Å². The fraction of sp³-hybridized carbons (Fsp3) is 0.538. The maximum atomic E-state index is 11.1. The van der Waals surface area contributed by atoms with Crippen LogP contribution in [0, 0.1) is 16.0 Å². The Labute approximate surface area is 111 Å². The van der Waals surface area contributed by atoms with Gasteiger partial charge in [0.1, 0.15) is 11.4 Å². The van der Waals surface area contributed by atoms with Gasteiger partial charge in [-0.3, -0.25) is 10.1 Å². The summed E-state index contributed by atoms with van der Waals surface area (Å²) < 4.78 is 5.12. The third-order valence-electron chi connectivity index (χ3n) is 3.64. The second kappa shape index (κ2) is 5.44. The minimum absolute atomic E-state index is 0.0440. The van der Waals surface area contributed by atoms with E-state index in [4.69, 9.17) is 4.74 Å². The zero-order valence-electron chi connectivity index (χ0n) is 11.1. The van der Waals surface area contributed by atoms with Crippen molar-refractivity contribution in [1.82, 2.24) is 0 Å². The average molecular weight is 266 g/mol. The third-order valence-corrected chi connectivity index (χ3v) is 3.64. The lowest BCUT2D eigenvalue weighted by Gasteiger charge is -2.35. The van der Waals surface area contributed by atoms with Gasteiger partial charge < -0.3 is 14.7 Å². The van der Waals surface area contributed by atoms with Gasteiger partial charge in [-0.2, -0.15) is 0 Å². The highest BCUT2D eigenvalue weighted by atomic mass is 16.6. The molecule has 6 nitrogen and oxygen atoms in total. The summed E-state index contributed by atoms with van der Waals surface area (Å²) in [5.41, 5.74) is 0.554. The number of hydrogen-bond donors (Lipinski definition) is 1. The molecule has 0 aromatic heterocycles. The van der Waals surface area contributed by atoms with Gasteiger partial charge in [0.25, 0.3) is 5.69 Å². The maximum Gasteiger partial charge on any atom is 0.292 e. The summed E-state index contributed by atoms with van der Waals surface area (Å²) in [6.07, 6.45) is 0.356. The highest BCUT2D eigenvalue weighted by Gasteiger charge is 2.28. The number of nitro benzene ring substituents is 1.